The number of ether oxygens (including phenoxy) is 1. The molecule has 2 rings (SSSR count). The van der Waals surface area contributed by atoms with Gasteiger partial charge < -0.3 is 10.5 Å². The summed E-state index contributed by atoms with van der Waals surface area (Å²) in [7, 11) is -3.55. The first-order valence-corrected chi connectivity index (χ1v) is 7.94. The van der Waals surface area contributed by atoms with Crippen molar-refractivity contribution < 1.29 is 13.2 Å². The molecule has 5 nitrogen and oxygen atoms in total. The molecule has 1 fully saturated rings. The van der Waals surface area contributed by atoms with Crippen molar-refractivity contribution in [1.29, 1.82) is 0 Å². The van der Waals surface area contributed by atoms with Crippen LogP contribution in [0.4, 0.5) is 0 Å². The van der Waals surface area contributed by atoms with E-state index in [4.69, 9.17) is 10.5 Å². The number of hydrogen-bond donors (Lipinski definition) is 2. The standard InChI is InChI=1S/C14H18N2O3S/c1-11-14(7-9-19-11)16-20(17,18)13-6-2-4-12(10-13)5-3-8-15/h2,4,6,10-11,14,16H,7-9,15H2,1H3. The van der Waals surface area contributed by atoms with Gasteiger partial charge in [0, 0.05) is 12.2 Å². The number of nitrogens with one attached hydrogen (secondary N) is 1. The molecule has 3 N–H and O–H groups in total. The maximum atomic E-state index is 12.3. The van der Waals surface area contributed by atoms with E-state index >= 15 is 0 Å². The lowest BCUT2D eigenvalue weighted by molar-refractivity contribution is 0.117. The fourth-order valence-corrected chi connectivity index (χ4v) is 3.43. The Morgan fingerprint density at radius 3 is 2.95 bits per heavy atom. The minimum Gasteiger partial charge on any atom is -0.377 e. The maximum absolute atomic E-state index is 12.3. The Bertz CT molecular complexity index is 631. The SMILES string of the molecule is CC1OCCC1NS(=O)(=O)c1cccc(C#CCN)c1. The Balaban J connectivity index is 2.20. The third-order valence-corrected chi connectivity index (χ3v) is 4.65. The number of hydrogen-bond acceptors (Lipinski definition) is 4. The van der Waals surface area contributed by atoms with Crippen molar-refractivity contribution in [2.45, 2.75) is 30.4 Å². The zero-order chi connectivity index (χ0) is 14.6. The van der Waals surface area contributed by atoms with E-state index in [1.165, 1.54) is 0 Å². The predicted molar refractivity (Wildman–Crippen MR) is 76.5 cm³/mol. The third kappa shape index (κ3) is 3.58. The molecule has 0 aromatic heterocycles. The minimum atomic E-state index is -3.55. The second-order valence-corrected chi connectivity index (χ2v) is 6.34. The van der Waals surface area contributed by atoms with Gasteiger partial charge in [-0.25, -0.2) is 13.1 Å². The second kappa shape index (κ2) is 6.37. The molecule has 20 heavy (non-hydrogen) atoms. The molecule has 0 radical (unpaired) electrons. The molecule has 1 saturated heterocycles. The van der Waals surface area contributed by atoms with Gasteiger partial charge in [0.05, 0.1) is 23.6 Å². The summed E-state index contributed by atoms with van der Waals surface area (Å²) in [5, 5.41) is 0. The second-order valence-electron chi connectivity index (χ2n) is 4.63. The molecule has 0 saturated carbocycles. The van der Waals surface area contributed by atoms with Crippen LogP contribution < -0.4 is 10.5 Å². The highest BCUT2D eigenvalue weighted by atomic mass is 32.2. The normalized spacial score (nSPS) is 22.3. The Hall–Kier alpha value is -1.39. The summed E-state index contributed by atoms with van der Waals surface area (Å²) in [4.78, 5) is 0.209. The first kappa shape index (κ1) is 15.0. The first-order valence-electron chi connectivity index (χ1n) is 6.46. The topological polar surface area (TPSA) is 81.4 Å². The fraction of sp³-hybridized carbons (Fsp3) is 0.429. The van der Waals surface area contributed by atoms with E-state index in [9.17, 15) is 8.42 Å². The predicted octanol–water partition coefficient (Wildman–Crippen LogP) is 0.453. The molecule has 0 bridgehead atoms. The van der Waals surface area contributed by atoms with Crippen LogP contribution in [0.3, 0.4) is 0 Å². The number of benzene rings is 1. The van der Waals surface area contributed by atoms with Gasteiger partial charge in [-0.2, -0.15) is 0 Å². The highest BCUT2D eigenvalue weighted by Gasteiger charge is 2.29. The van der Waals surface area contributed by atoms with Crippen LogP contribution in [0.5, 0.6) is 0 Å². The summed E-state index contributed by atoms with van der Waals surface area (Å²) in [6, 6.07) is 6.34. The summed E-state index contributed by atoms with van der Waals surface area (Å²) in [5.41, 5.74) is 5.94. The highest BCUT2D eigenvalue weighted by Crippen LogP contribution is 2.17. The smallest absolute Gasteiger partial charge is 0.240 e. The van der Waals surface area contributed by atoms with E-state index in [-0.39, 0.29) is 23.6 Å². The molecule has 6 heteroatoms. The van der Waals surface area contributed by atoms with Gasteiger partial charge >= 0.3 is 0 Å². The summed E-state index contributed by atoms with van der Waals surface area (Å²) in [6.45, 7) is 2.69. The summed E-state index contributed by atoms with van der Waals surface area (Å²) in [6.07, 6.45) is 0.581. The Morgan fingerprint density at radius 1 is 1.50 bits per heavy atom. The van der Waals surface area contributed by atoms with Crippen molar-refractivity contribution in [3.63, 3.8) is 0 Å². The van der Waals surface area contributed by atoms with Gasteiger partial charge in [-0.1, -0.05) is 17.9 Å². The van der Waals surface area contributed by atoms with Crippen LogP contribution >= 0.6 is 0 Å². The molecule has 1 aromatic carbocycles. The molecule has 0 spiro atoms. The van der Waals surface area contributed by atoms with Crippen molar-refractivity contribution in [2.75, 3.05) is 13.2 Å². The van der Waals surface area contributed by atoms with Gasteiger partial charge in [0.2, 0.25) is 10.0 Å². The van der Waals surface area contributed by atoms with E-state index in [1.807, 2.05) is 6.92 Å². The summed E-state index contributed by atoms with van der Waals surface area (Å²) in [5.74, 6) is 5.53. The van der Waals surface area contributed by atoms with Gasteiger partial charge in [0.15, 0.2) is 0 Å². The van der Waals surface area contributed by atoms with Crippen LogP contribution in [0.1, 0.15) is 18.9 Å². The van der Waals surface area contributed by atoms with Gasteiger partial charge in [-0.15, -0.1) is 0 Å². The number of nitrogens with two attached hydrogens (primary N) is 1. The number of sulfonamides is 1. The van der Waals surface area contributed by atoms with E-state index in [0.717, 1.165) is 0 Å². The average Bonchev–Trinajstić information content (AvgIpc) is 2.82. The maximum Gasteiger partial charge on any atom is 0.240 e. The number of rotatable bonds is 3. The van der Waals surface area contributed by atoms with E-state index in [0.29, 0.717) is 18.6 Å². The quantitative estimate of drug-likeness (QED) is 0.793. The summed E-state index contributed by atoms with van der Waals surface area (Å²) >= 11 is 0. The van der Waals surface area contributed by atoms with Gasteiger partial charge in [-0.3, -0.25) is 0 Å². The van der Waals surface area contributed by atoms with Crippen molar-refractivity contribution in [1.82, 2.24) is 4.72 Å². The Morgan fingerprint density at radius 2 is 2.30 bits per heavy atom. The van der Waals surface area contributed by atoms with Gasteiger partial charge in [-0.05, 0) is 31.5 Å². The van der Waals surface area contributed by atoms with Gasteiger partial charge in [0.25, 0.3) is 0 Å². The molecule has 1 heterocycles. The van der Waals surface area contributed by atoms with Crippen LogP contribution in [0, 0.1) is 11.8 Å². The monoisotopic (exact) mass is 294 g/mol. The lowest BCUT2D eigenvalue weighted by atomic mass is 10.2. The lowest BCUT2D eigenvalue weighted by Gasteiger charge is -2.16. The molecule has 2 atom stereocenters. The molecular weight excluding hydrogens is 276 g/mol. The van der Waals surface area contributed by atoms with Crippen LogP contribution in [0.2, 0.25) is 0 Å². The Kier molecular flexibility index (Phi) is 4.78. The van der Waals surface area contributed by atoms with Crippen LogP contribution in [-0.4, -0.2) is 33.7 Å². The summed E-state index contributed by atoms with van der Waals surface area (Å²) < 4.78 is 32.7. The van der Waals surface area contributed by atoms with Crippen LogP contribution in [-0.2, 0) is 14.8 Å². The lowest BCUT2D eigenvalue weighted by Crippen LogP contribution is -2.39. The van der Waals surface area contributed by atoms with E-state index < -0.39 is 10.0 Å². The van der Waals surface area contributed by atoms with Crippen LogP contribution in [0.25, 0.3) is 0 Å². The molecule has 1 aliphatic rings. The van der Waals surface area contributed by atoms with Crippen LogP contribution in [0.15, 0.2) is 29.2 Å². The molecule has 1 aliphatic heterocycles. The van der Waals surface area contributed by atoms with E-state index in [1.54, 1.807) is 24.3 Å². The Labute approximate surface area is 119 Å². The molecule has 0 aliphatic carbocycles. The zero-order valence-electron chi connectivity index (χ0n) is 11.3. The minimum absolute atomic E-state index is 0.106. The van der Waals surface area contributed by atoms with Crippen molar-refractivity contribution >= 4 is 10.0 Å². The van der Waals surface area contributed by atoms with Crippen molar-refractivity contribution in [3.05, 3.63) is 29.8 Å². The molecule has 2 unspecified atom stereocenters. The van der Waals surface area contributed by atoms with Crippen molar-refractivity contribution in [3.8, 4) is 11.8 Å². The largest absolute Gasteiger partial charge is 0.377 e. The molecule has 108 valence electrons. The van der Waals surface area contributed by atoms with Gasteiger partial charge in [0.1, 0.15) is 0 Å². The highest BCUT2D eigenvalue weighted by molar-refractivity contribution is 7.89. The fourth-order valence-electron chi connectivity index (χ4n) is 2.05. The molecule has 1 aromatic rings. The third-order valence-electron chi connectivity index (χ3n) is 3.16. The zero-order valence-corrected chi connectivity index (χ0v) is 12.1. The molecule has 0 amide bonds. The van der Waals surface area contributed by atoms with E-state index in [2.05, 4.69) is 16.6 Å². The average molecular weight is 294 g/mol. The molecular formula is C14H18N2O3S. The first-order chi connectivity index (χ1) is 9.53. The van der Waals surface area contributed by atoms with Crippen molar-refractivity contribution in [2.24, 2.45) is 5.73 Å².